The van der Waals surface area contributed by atoms with Gasteiger partial charge in [0.1, 0.15) is 16.7 Å². The van der Waals surface area contributed by atoms with Gasteiger partial charge in [-0.15, -0.1) is 0 Å². The molecule has 3 rings (SSSR count). The number of anilines is 1. The molecule has 0 saturated heterocycles. The van der Waals surface area contributed by atoms with Crippen LogP contribution < -0.4 is 4.90 Å². The summed E-state index contributed by atoms with van der Waals surface area (Å²) < 4.78 is 9.81. The largest absolute Gasteiger partial charge is 0.457 e. The maximum absolute atomic E-state index is 12.3. The van der Waals surface area contributed by atoms with E-state index in [9.17, 15) is 14.9 Å². The van der Waals surface area contributed by atoms with E-state index in [0.29, 0.717) is 5.03 Å². The average molecular weight is 340 g/mol. The molecule has 1 aromatic heterocycles. The number of Topliss-reactive ketones (excluding diaryl/α,β-unsaturated/α-hetero) is 1. The number of hydrogen-bond acceptors (Lipinski definition) is 7. The average Bonchev–Trinajstić information content (AvgIpc) is 3.23. The molecule has 0 radical (unpaired) electrons. The molecule has 0 unspecified atom stereocenters. The molecule has 0 spiro atoms. The van der Waals surface area contributed by atoms with Crippen molar-refractivity contribution in [3.63, 3.8) is 0 Å². The number of para-hydroxylation sites is 1. The molecule has 1 aliphatic heterocycles. The van der Waals surface area contributed by atoms with Crippen LogP contribution in [-0.4, -0.2) is 25.4 Å². The first kappa shape index (κ1) is 15.9. The first-order valence-electron chi connectivity index (χ1n) is 7.00. The highest BCUT2D eigenvalue weighted by Gasteiger charge is 2.28. The Morgan fingerprint density at radius 1 is 1.29 bits per heavy atom. The first-order chi connectivity index (χ1) is 11.6. The lowest BCUT2D eigenvalue weighted by atomic mass is 10.2. The molecule has 0 aliphatic carbocycles. The molecule has 1 aromatic carbocycles. The maximum Gasteiger partial charge on any atom is 0.374 e. The number of nitrogens with zero attached hydrogens (tertiary/aromatic N) is 2. The van der Waals surface area contributed by atoms with Crippen LogP contribution in [-0.2, 0) is 9.53 Å². The number of hydrogen-bond donors (Lipinski definition) is 0. The first-order valence-corrected chi connectivity index (χ1v) is 7.82. The van der Waals surface area contributed by atoms with E-state index < -0.39 is 18.4 Å². The van der Waals surface area contributed by atoms with Gasteiger partial charge in [-0.2, -0.15) is 5.26 Å². The van der Waals surface area contributed by atoms with Crippen LogP contribution in [0.5, 0.6) is 0 Å². The van der Waals surface area contributed by atoms with Crippen LogP contribution in [0.25, 0.3) is 0 Å². The predicted molar refractivity (Wildman–Crippen MR) is 87.3 cm³/mol. The highest BCUT2D eigenvalue weighted by molar-refractivity contribution is 8.03. The monoisotopic (exact) mass is 340 g/mol. The minimum atomic E-state index is -0.744. The van der Waals surface area contributed by atoms with E-state index in [1.165, 1.54) is 24.1 Å². The Kier molecular flexibility index (Phi) is 4.40. The van der Waals surface area contributed by atoms with Gasteiger partial charge in [-0.25, -0.2) is 4.79 Å². The second-order valence-corrected chi connectivity index (χ2v) is 5.93. The molecule has 0 bridgehead atoms. The van der Waals surface area contributed by atoms with E-state index in [1.54, 1.807) is 18.0 Å². The summed E-state index contributed by atoms with van der Waals surface area (Å²) in [7, 11) is 1.79. The van der Waals surface area contributed by atoms with Gasteiger partial charge in [0, 0.05) is 11.9 Å². The molecule has 1 aliphatic rings. The molecule has 7 heteroatoms. The fourth-order valence-corrected chi connectivity index (χ4v) is 3.38. The minimum absolute atomic E-state index is 0.00808. The number of nitriles is 1. The number of thioether (sulfide) groups is 1. The van der Waals surface area contributed by atoms with Gasteiger partial charge in [-0.05, 0) is 24.3 Å². The van der Waals surface area contributed by atoms with E-state index >= 15 is 0 Å². The van der Waals surface area contributed by atoms with E-state index in [-0.39, 0.29) is 11.3 Å². The molecule has 0 amide bonds. The molecule has 0 N–H and O–H groups in total. The fourth-order valence-electron chi connectivity index (χ4n) is 2.22. The third kappa shape index (κ3) is 2.92. The van der Waals surface area contributed by atoms with Crippen LogP contribution in [0.4, 0.5) is 5.69 Å². The third-order valence-electron chi connectivity index (χ3n) is 3.40. The van der Waals surface area contributed by atoms with Crippen LogP contribution in [0.15, 0.2) is 62.6 Å². The van der Waals surface area contributed by atoms with Crippen molar-refractivity contribution in [2.75, 3.05) is 18.6 Å². The van der Waals surface area contributed by atoms with Gasteiger partial charge in [-0.1, -0.05) is 23.9 Å². The van der Waals surface area contributed by atoms with Crippen molar-refractivity contribution in [2.24, 2.45) is 0 Å². The van der Waals surface area contributed by atoms with Crippen molar-refractivity contribution in [1.82, 2.24) is 0 Å². The smallest absolute Gasteiger partial charge is 0.374 e. The SMILES string of the molecule is CN1C(=C(C#N)C(=O)COC(=O)c2ccco2)Sc2ccccc21. The number of furan rings is 1. The van der Waals surface area contributed by atoms with E-state index in [1.807, 2.05) is 30.3 Å². The molecule has 0 atom stereocenters. The van der Waals surface area contributed by atoms with Crippen molar-refractivity contribution in [3.05, 3.63) is 59.0 Å². The molecule has 120 valence electrons. The Balaban J connectivity index is 1.76. The molecule has 0 saturated carbocycles. The number of fused-ring (bicyclic) bond motifs is 1. The Labute approximate surface area is 142 Å². The van der Waals surface area contributed by atoms with Crippen LogP contribution in [0.2, 0.25) is 0 Å². The van der Waals surface area contributed by atoms with Gasteiger partial charge in [-0.3, -0.25) is 4.79 Å². The Morgan fingerprint density at radius 2 is 2.08 bits per heavy atom. The molecule has 24 heavy (non-hydrogen) atoms. The Morgan fingerprint density at radius 3 is 2.75 bits per heavy atom. The van der Waals surface area contributed by atoms with E-state index in [2.05, 4.69) is 0 Å². The minimum Gasteiger partial charge on any atom is -0.457 e. The third-order valence-corrected chi connectivity index (χ3v) is 4.64. The van der Waals surface area contributed by atoms with Crippen LogP contribution in [0, 0.1) is 11.3 Å². The number of benzene rings is 1. The molecule has 2 aromatic rings. The van der Waals surface area contributed by atoms with Crippen molar-refractivity contribution in [2.45, 2.75) is 4.90 Å². The number of carbonyl (C=O) groups is 2. The lowest BCUT2D eigenvalue weighted by molar-refractivity contribution is -0.118. The molecular weight excluding hydrogens is 328 g/mol. The zero-order valence-corrected chi connectivity index (χ0v) is 13.5. The molecule has 2 heterocycles. The number of ether oxygens (including phenoxy) is 1. The lowest BCUT2D eigenvalue weighted by Crippen LogP contribution is -2.19. The summed E-state index contributed by atoms with van der Waals surface area (Å²) in [5.41, 5.74) is 0.886. The number of rotatable bonds is 4. The van der Waals surface area contributed by atoms with Gasteiger partial charge in [0.05, 0.1) is 12.0 Å². The van der Waals surface area contributed by atoms with Crippen molar-refractivity contribution < 1.29 is 18.7 Å². The van der Waals surface area contributed by atoms with E-state index in [0.717, 1.165) is 10.6 Å². The standard InChI is InChI=1S/C17H12N2O4S/c1-19-12-5-2-3-7-15(12)24-16(19)11(9-18)13(20)10-23-17(21)14-6-4-8-22-14/h2-8H,10H2,1H3. The second-order valence-electron chi connectivity index (χ2n) is 4.90. The van der Waals surface area contributed by atoms with Crippen molar-refractivity contribution >= 4 is 29.2 Å². The summed E-state index contributed by atoms with van der Waals surface area (Å²) in [6.07, 6.45) is 1.34. The lowest BCUT2D eigenvalue weighted by Gasteiger charge is -2.14. The zero-order chi connectivity index (χ0) is 17.1. The van der Waals surface area contributed by atoms with Crippen LogP contribution in [0.1, 0.15) is 10.6 Å². The fraction of sp³-hybridized carbons (Fsp3) is 0.118. The number of ketones is 1. The summed E-state index contributed by atoms with van der Waals surface area (Å²) in [5, 5.41) is 9.90. The second kappa shape index (κ2) is 6.64. The van der Waals surface area contributed by atoms with Crippen molar-refractivity contribution in [1.29, 1.82) is 5.26 Å². The predicted octanol–water partition coefficient (Wildman–Crippen LogP) is 2.98. The Bertz CT molecular complexity index is 865. The summed E-state index contributed by atoms with van der Waals surface area (Å²) >= 11 is 1.34. The molecule has 6 nitrogen and oxygen atoms in total. The molecule has 0 fully saturated rings. The maximum atomic E-state index is 12.3. The van der Waals surface area contributed by atoms with Gasteiger partial charge in [0.25, 0.3) is 0 Å². The highest BCUT2D eigenvalue weighted by Crippen LogP contribution is 2.46. The van der Waals surface area contributed by atoms with Gasteiger partial charge >= 0.3 is 5.97 Å². The number of esters is 1. The van der Waals surface area contributed by atoms with Gasteiger partial charge in [0.15, 0.2) is 6.61 Å². The summed E-state index contributed by atoms with van der Waals surface area (Å²) in [4.78, 5) is 26.8. The van der Waals surface area contributed by atoms with Gasteiger partial charge < -0.3 is 14.1 Å². The van der Waals surface area contributed by atoms with Crippen LogP contribution >= 0.6 is 11.8 Å². The topological polar surface area (TPSA) is 83.5 Å². The zero-order valence-electron chi connectivity index (χ0n) is 12.7. The molecular formula is C17H12N2O4S. The van der Waals surface area contributed by atoms with Gasteiger partial charge in [0.2, 0.25) is 11.5 Å². The quantitative estimate of drug-likeness (QED) is 0.480. The van der Waals surface area contributed by atoms with Crippen molar-refractivity contribution in [3.8, 4) is 6.07 Å². The van der Waals surface area contributed by atoms with Crippen LogP contribution in [0.3, 0.4) is 0 Å². The van der Waals surface area contributed by atoms with E-state index in [4.69, 9.17) is 9.15 Å². The highest BCUT2D eigenvalue weighted by atomic mass is 32.2. The summed E-state index contributed by atoms with van der Waals surface area (Å²) in [5.74, 6) is -1.29. The Hall–Kier alpha value is -2.98. The summed E-state index contributed by atoms with van der Waals surface area (Å²) in [6, 6.07) is 12.5. The number of carbonyl (C=O) groups excluding carboxylic acids is 2. The summed E-state index contributed by atoms with van der Waals surface area (Å²) in [6.45, 7) is -0.517. The normalized spacial score (nSPS) is 14.8.